The Labute approximate surface area is 123 Å². The highest BCUT2D eigenvalue weighted by molar-refractivity contribution is 9.10. The minimum absolute atomic E-state index is 0.0325. The first kappa shape index (κ1) is 12.2. The van der Waals surface area contributed by atoms with Crippen LogP contribution in [0, 0.1) is 0 Å². The third-order valence-electron chi connectivity index (χ3n) is 4.79. The molecule has 1 aromatic heterocycles. The maximum absolute atomic E-state index is 12.2. The largest absolute Gasteiger partial charge is 0.344 e. The van der Waals surface area contributed by atoms with Gasteiger partial charge in [0, 0.05) is 13.5 Å². The van der Waals surface area contributed by atoms with E-state index in [9.17, 15) is 9.59 Å². The minimum atomic E-state index is -0.773. The summed E-state index contributed by atoms with van der Waals surface area (Å²) in [6.45, 7) is 0. The van der Waals surface area contributed by atoms with Gasteiger partial charge in [-0.25, -0.2) is 4.79 Å². The average Bonchev–Trinajstić information content (AvgIpc) is 2.97. The summed E-state index contributed by atoms with van der Waals surface area (Å²) in [6.07, 6.45) is 0.595. The second-order valence-corrected chi connectivity index (χ2v) is 6.47. The number of carbonyl (C=O) groups excluding carboxylic acids is 2. The molecule has 8 heteroatoms. The maximum atomic E-state index is 12.2. The third-order valence-corrected chi connectivity index (χ3v) is 5.43. The van der Waals surface area contributed by atoms with Gasteiger partial charge in [0.2, 0.25) is 0 Å². The van der Waals surface area contributed by atoms with Crippen LogP contribution in [0.2, 0.25) is 0 Å². The molecule has 7 nitrogen and oxygen atoms in total. The topological polar surface area (TPSA) is 92.4 Å². The summed E-state index contributed by atoms with van der Waals surface area (Å²) in [6, 6.07) is 3.01. The first-order valence-electron chi connectivity index (χ1n) is 6.44. The SMILES string of the molecule is CN1C(=O)N[C@H]2[C@@H]3NC(=O)c4ccc(Br)n4[C@@H]3C[C@]21N. The molecule has 20 heavy (non-hydrogen) atoms. The molecule has 0 bridgehead atoms. The molecular weight excluding hydrogens is 326 g/mol. The smallest absolute Gasteiger partial charge is 0.319 e. The first-order chi connectivity index (χ1) is 9.43. The van der Waals surface area contributed by atoms with E-state index in [2.05, 4.69) is 26.6 Å². The Morgan fingerprint density at radius 3 is 2.90 bits per heavy atom. The zero-order valence-corrected chi connectivity index (χ0v) is 12.3. The molecule has 1 saturated heterocycles. The standard InChI is InChI=1S/C12H14BrN5O2/c1-17-11(20)16-9-8-6(4-12(9,17)14)18-5(10(19)15-8)2-3-7(18)13/h2-3,6,8-9H,4,14H2,1H3,(H,15,19)(H,16,20)/t6-,8-,9+,12-/m1/s1. The van der Waals surface area contributed by atoms with Crippen molar-refractivity contribution in [3.63, 3.8) is 0 Å². The van der Waals surface area contributed by atoms with Gasteiger partial charge in [-0.3, -0.25) is 4.79 Å². The van der Waals surface area contributed by atoms with Crippen LogP contribution in [0.15, 0.2) is 16.7 Å². The molecule has 2 aliphatic heterocycles. The summed E-state index contributed by atoms with van der Waals surface area (Å²) in [7, 11) is 1.69. The molecule has 4 atom stereocenters. The first-order valence-corrected chi connectivity index (χ1v) is 7.23. The molecule has 1 aliphatic carbocycles. The highest BCUT2D eigenvalue weighted by atomic mass is 79.9. The molecule has 4 rings (SSSR count). The van der Waals surface area contributed by atoms with E-state index >= 15 is 0 Å². The van der Waals surface area contributed by atoms with Crippen LogP contribution < -0.4 is 16.4 Å². The van der Waals surface area contributed by atoms with Crippen LogP contribution in [-0.2, 0) is 0 Å². The lowest BCUT2D eigenvalue weighted by molar-refractivity contribution is 0.0879. The fourth-order valence-corrected chi connectivity index (χ4v) is 4.29. The fraction of sp³-hybridized carbons (Fsp3) is 0.500. The van der Waals surface area contributed by atoms with Crippen molar-refractivity contribution < 1.29 is 9.59 Å². The van der Waals surface area contributed by atoms with Crippen LogP contribution in [-0.4, -0.2) is 46.2 Å². The van der Waals surface area contributed by atoms with Crippen molar-refractivity contribution in [1.29, 1.82) is 0 Å². The van der Waals surface area contributed by atoms with Crippen molar-refractivity contribution in [2.24, 2.45) is 5.73 Å². The van der Waals surface area contributed by atoms with Gasteiger partial charge in [0.25, 0.3) is 5.91 Å². The fourth-order valence-electron chi connectivity index (χ4n) is 3.70. The number of urea groups is 1. The predicted molar refractivity (Wildman–Crippen MR) is 74.0 cm³/mol. The Kier molecular flexibility index (Phi) is 2.17. The lowest BCUT2D eigenvalue weighted by atomic mass is 10.0. The molecule has 3 heterocycles. The van der Waals surface area contributed by atoms with Gasteiger partial charge in [0.05, 0.1) is 22.7 Å². The molecule has 4 N–H and O–H groups in total. The number of rotatable bonds is 0. The number of nitrogens with two attached hydrogens (primary N) is 1. The lowest BCUT2D eigenvalue weighted by Gasteiger charge is -2.32. The van der Waals surface area contributed by atoms with Gasteiger partial charge in [-0.1, -0.05) is 0 Å². The Balaban J connectivity index is 1.83. The van der Waals surface area contributed by atoms with Crippen molar-refractivity contribution in [3.05, 3.63) is 22.4 Å². The van der Waals surface area contributed by atoms with E-state index in [4.69, 9.17) is 5.73 Å². The van der Waals surface area contributed by atoms with E-state index in [1.165, 1.54) is 0 Å². The highest BCUT2D eigenvalue weighted by Crippen LogP contribution is 2.45. The molecule has 0 radical (unpaired) electrons. The lowest BCUT2D eigenvalue weighted by Crippen LogP contribution is -2.60. The summed E-state index contributed by atoms with van der Waals surface area (Å²) >= 11 is 3.48. The Hall–Kier alpha value is -1.54. The quantitative estimate of drug-likeness (QED) is 0.620. The summed E-state index contributed by atoms with van der Waals surface area (Å²) in [5.41, 5.74) is 6.29. The summed E-state index contributed by atoms with van der Waals surface area (Å²) in [5.74, 6) is -0.134. The van der Waals surface area contributed by atoms with Gasteiger partial charge in [-0.2, -0.15) is 0 Å². The second-order valence-electron chi connectivity index (χ2n) is 5.66. The molecule has 1 aromatic rings. The van der Waals surface area contributed by atoms with Gasteiger partial charge in [0.1, 0.15) is 11.4 Å². The zero-order valence-electron chi connectivity index (χ0n) is 10.8. The van der Waals surface area contributed by atoms with Gasteiger partial charge >= 0.3 is 6.03 Å². The van der Waals surface area contributed by atoms with Gasteiger partial charge in [0.15, 0.2) is 0 Å². The van der Waals surface area contributed by atoms with E-state index in [1.807, 2.05) is 10.6 Å². The highest BCUT2D eigenvalue weighted by Gasteiger charge is 2.62. The second kappa shape index (κ2) is 3.56. The van der Waals surface area contributed by atoms with Crippen molar-refractivity contribution in [2.75, 3.05) is 7.05 Å². The monoisotopic (exact) mass is 339 g/mol. The Morgan fingerprint density at radius 1 is 1.40 bits per heavy atom. The molecular formula is C12H14BrN5O2. The number of aromatic nitrogens is 1. The van der Waals surface area contributed by atoms with Crippen LogP contribution in [0.5, 0.6) is 0 Å². The van der Waals surface area contributed by atoms with E-state index < -0.39 is 5.66 Å². The normalized spacial score (nSPS) is 38.1. The number of hydrogen-bond donors (Lipinski definition) is 3. The average molecular weight is 340 g/mol. The van der Waals surface area contributed by atoms with Crippen molar-refractivity contribution in [1.82, 2.24) is 20.1 Å². The van der Waals surface area contributed by atoms with E-state index in [0.29, 0.717) is 12.1 Å². The number of nitrogens with one attached hydrogen (secondary N) is 2. The van der Waals surface area contributed by atoms with E-state index in [0.717, 1.165) is 4.60 Å². The minimum Gasteiger partial charge on any atom is -0.344 e. The van der Waals surface area contributed by atoms with Crippen molar-refractivity contribution >= 4 is 27.9 Å². The number of hydrogen-bond acceptors (Lipinski definition) is 3. The Bertz CT molecular complexity index is 644. The predicted octanol–water partition coefficient (Wildman–Crippen LogP) is -0.0140. The third kappa shape index (κ3) is 1.23. The number of likely N-dealkylation sites (N-methyl/N-ethyl adjacent to an activating group) is 1. The van der Waals surface area contributed by atoms with Gasteiger partial charge in [-0.05, 0) is 28.1 Å². The summed E-state index contributed by atoms with van der Waals surface area (Å²) in [5, 5.41) is 5.87. The van der Waals surface area contributed by atoms with Gasteiger partial charge < -0.3 is 25.8 Å². The van der Waals surface area contributed by atoms with Crippen molar-refractivity contribution in [3.8, 4) is 0 Å². The number of nitrogens with zero attached hydrogens (tertiary/aromatic N) is 2. The molecule has 1 saturated carbocycles. The number of carbonyl (C=O) groups is 2. The van der Waals surface area contributed by atoms with E-state index in [1.54, 1.807) is 18.0 Å². The molecule has 3 amide bonds. The van der Waals surface area contributed by atoms with Crippen LogP contribution in [0.1, 0.15) is 23.0 Å². The summed E-state index contributed by atoms with van der Waals surface area (Å²) < 4.78 is 2.83. The van der Waals surface area contributed by atoms with Gasteiger partial charge in [-0.15, -0.1) is 0 Å². The molecule has 2 fully saturated rings. The molecule has 0 spiro atoms. The van der Waals surface area contributed by atoms with Crippen LogP contribution >= 0.6 is 15.9 Å². The van der Waals surface area contributed by atoms with Crippen molar-refractivity contribution in [2.45, 2.75) is 30.2 Å². The Morgan fingerprint density at radius 2 is 2.15 bits per heavy atom. The van der Waals surface area contributed by atoms with Crippen LogP contribution in [0.3, 0.4) is 0 Å². The number of halogens is 1. The number of amides is 3. The van der Waals surface area contributed by atoms with Crippen LogP contribution in [0.4, 0.5) is 4.79 Å². The molecule has 106 valence electrons. The van der Waals surface area contributed by atoms with E-state index in [-0.39, 0.29) is 30.1 Å². The molecule has 0 aromatic carbocycles. The van der Waals surface area contributed by atoms with Crippen LogP contribution in [0.25, 0.3) is 0 Å². The molecule has 3 aliphatic rings. The number of fused-ring (bicyclic) bond motifs is 5. The molecule has 0 unspecified atom stereocenters. The zero-order chi connectivity index (χ0) is 14.2. The summed E-state index contributed by atoms with van der Waals surface area (Å²) in [4.78, 5) is 25.5. The maximum Gasteiger partial charge on any atom is 0.319 e.